The van der Waals surface area contributed by atoms with Gasteiger partial charge in [-0.15, -0.1) is 0 Å². The van der Waals surface area contributed by atoms with Crippen LogP contribution in [0.4, 0.5) is 0 Å². The first-order valence-electron chi connectivity index (χ1n) is 7.56. The molecule has 0 bridgehead atoms. The van der Waals surface area contributed by atoms with Gasteiger partial charge < -0.3 is 0 Å². The Balaban J connectivity index is 2.12. The van der Waals surface area contributed by atoms with Gasteiger partial charge in [0.25, 0.3) is 0 Å². The highest BCUT2D eigenvalue weighted by molar-refractivity contribution is 7.64. The quantitative estimate of drug-likeness (QED) is 0.718. The number of hydrogen-bond acceptors (Lipinski definition) is 2. The van der Waals surface area contributed by atoms with E-state index in [0.717, 1.165) is 29.5 Å². The zero-order chi connectivity index (χ0) is 14.7. The average Bonchev–Trinajstić information content (AvgIpc) is 2.38. The molecule has 1 aliphatic rings. The fourth-order valence-corrected chi connectivity index (χ4v) is 4.93. The first-order valence-corrected chi connectivity index (χ1v) is 9.00. The van der Waals surface area contributed by atoms with E-state index in [0.29, 0.717) is 17.6 Å². The number of hydrogen-bond donors (Lipinski definition) is 0. The summed E-state index contributed by atoms with van der Waals surface area (Å²) < 4.78 is 12.4. The Labute approximate surface area is 122 Å². The lowest BCUT2D eigenvalue weighted by molar-refractivity contribution is 0.107. The second-order valence-electron chi connectivity index (χ2n) is 6.14. The van der Waals surface area contributed by atoms with Crippen LogP contribution < -0.4 is 0 Å². The van der Waals surface area contributed by atoms with Crippen molar-refractivity contribution >= 4 is 13.3 Å². The average molecular weight is 291 g/mol. The van der Waals surface area contributed by atoms with E-state index in [1.54, 1.807) is 0 Å². The van der Waals surface area contributed by atoms with Crippen LogP contribution in [0.5, 0.6) is 0 Å². The van der Waals surface area contributed by atoms with Gasteiger partial charge in [0.15, 0.2) is 6.16 Å². The number of aryl methyl sites for hydroxylation is 3. The molecule has 1 aromatic carbocycles. The second-order valence-corrected chi connectivity index (χ2v) is 7.67. The molecule has 0 heterocycles. The number of benzene rings is 1. The minimum Gasteiger partial charge on any atom is -0.234 e. The molecule has 108 valence electrons. The zero-order valence-electron chi connectivity index (χ0n) is 12.7. The van der Waals surface area contributed by atoms with Gasteiger partial charge in [0.1, 0.15) is 0 Å². The molecule has 3 heteroatoms. The summed E-state index contributed by atoms with van der Waals surface area (Å²) in [4.78, 5) is 12.5. The third kappa shape index (κ3) is 3.55. The molecule has 0 amide bonds. The van der Waals surface area contributed by atoms with Gasteiger partial charge in [0.2, 0.25) is 0 Å². The van der Waals surface area contributed by atoms with E-state index in [9.17, 15) is 9.36 Å². The van der Waals surface area contributed by atoms with Gasteiger partial charge in [-0.05, 0) is 44.7 Å². The third-order valence-electron chi connectivity index (χ3n) is 4.27. The van der Waals surface area contributed by atoms with E-state index in [4.69, 9.17) is 0 Å². The Kier molecular flexibility index (Phi) is 5.10. The molecule has 1 unspecified atom stereocenters. The number of rotatable bonds is 4. The summed E-state index contributed by atoms with van der Waals surface area (Å²) in [5.41, 5.74) is 3.62. The minimum absolute atomic E-state index is 0.138. The second kappa shape index (κ2) is 6.63. The Morgan fingerprint density at radius 3 is 2.20 bits per heavy atom. The van der Waals surface area contributed by atoms with Crippen molar-refractivity contribution in [3.05, 3.63) is 34.4 Å². The van der Waals surface area contributed by atoms with Crippen molar-refractivity contribution in [2.45, 2.75) is 52.9 Å². The summed E-state index contributed by atoms with van der Waals surface area (Å²) >= 11 is 0. The number of carbonyl (C=O) groups excluding carboxylic acids is 1. The monoisotopic (exact) mass is 291 g/mol. The molecule has 1 aromatic rings. The lowest BCUT2D eigenvalue weighted by atomic mass is 9.91. The van der Waals surface area contributed by atoms with Crippen LogP contribution in [0.1, 0.15) is 59.2 Å². The molecule has 0 aliphatic heterocycles. The summed E-state index contributed by atoms with van der Waals surface area (Å²) in [7, 11) is -1.77. The maximum Gasteiger partial charge on any atom is 0.420 e. The molecule has 0 N–H and O–H groups in total. The summed E-state index contributed by atoms with van der Waals surface area (Å²) in [5, 5.41) is 0. The molecule has 0 spiro atoms. The van der Waals surface area contributed by atoms with E-state index < -0.39 is 7.80 Å². The predicted molar refractivity (Wildman–Crippen MR) is 84.0 cm³/mol. The molecule has 1 fully saturated rings. The van der Waals surface area contributed by atoms with Crippen LogP contribution in [0.3, 0.4) is 0 Å². The van der Waals surface area contributed by atoms with Crippen molar-refractivity contribution in [2.24, 2.45) is 5.92 Å². The molecule has 0 radical (unpaired) electrons. The van der Waals surface area contributed by atoms with Crippen molar-refractivity contribution in [3.8, 4) is 0 Å². The molecule has 2 rings (SSSR count). The van der Waals surface area contributed by atoms with E-state index in [1.807, 2.05) is 32.9 Å². The fraction of sp³-hybridized carbons (Fsp3) is 0.588. The molecule has 0 saturated heterocycles. The topological polar surface area (TPSA) is 34.1 Å². The van der Waals surface area contributed by atoms with Crippen LogP contribution in [-0.4, -0.2) is 11.7 Å². The molecule has 1 saturated carbocycles. The van der Waals surface area contributed by atoms with Crippen molar-refractivity contribution < 1.29 is 9.36 Å². The summed E-state index contributed by atoms with van der Waals surface area (Å²) in [6, 6.07) is 4.01. The standard InChI is InChI=1S/C17H24O2P/c1-12-9-13(2)16(14(3)10-12)17(18)20(19)11-15-7-5-4-6-8-15/h9-10,15H,4-8,11H2,1-3H3/q+1. The summed E-state index contributed by atoms with van der Waals surface area (Å²) in [6.07, 6.45) is 6.61. The van der Waals surface area contributed by atoms with Gasteiger partial charge >= 0.3 is 13.3 Å². The Hall–Kier alpha value is -1.01. The minimum atomic E-state index is -1.77. The zero-order valence-corrected chi connectivity index (χ0v) is 13.6. The Morgan fingerprint density at radius 2 is 1.65 bits per heavy atom. The van der Waals surface area contributed by atoms with Gasteiger partial charge in [-0.1, -0.05) is 41.5 Å². The maximum atomic E-state index is 12.5. The van der Waals surface area contributed by atoms with Crippen LogP contribution >= 0.6 is 7.80 Å². The SMILES string of the molecule is Cc1cc(C)c(C(=O)[P+](=O)CC2CCCCC2)c(C)c1. The first-order chi connectivity index (χ1) is 9.49. The molecule has 2 nitrogen and oxygen atoms in total. The van der Waals surface area contributed by atoms with E-state index in [-0.39, 0.29) is 5.52 Å². The lowest BCUT2D eigenvalue weighted by Gasteiger charge is -2.17. The van der Waals surface area contributed by atoms with E-state index in [2.05, 4.69) is 0 Å². The molecular weight excluding hydrogens is 267 g/mol. The van der Waals surface area contributed by atoms with Crippen LogP contribution in [0.25, 0.3) is 0 Å². The summed E-state index contributed by atoms with van der Waals surface area (Å²) in [5.74, 6) is 0.488. The largest absolute Gasteiger partial charge is 0.420 e. The summed E-state index contributed by atoms with van der Waals surface area (Å²) in [6.45, 7) is 5.91. The van der Waals surface area contributed by atoms with Crippen molar-refractivity contribution in [1.29, 1.82) is 0 Å². The van der Waals surface area contributed by atoms with E-state index in [1.165, 1.54) is 19.3 Å². The maximum absolute atomic E-state index is 12.5. The van der Waals surface area contributed by atoms with Gasteiger partial charge in [-0.3, -0.25) is 0 Å². The van der Waals surface area contributed by atoms with Gasteiger partial charge in [-0.2, -0.15) is 0 Å². The molecule has 20 heavy (non-hydrogen) atoms. The van der Waals surface area contributed by atoms with Gasteiger partial charge in [0.05, 0.1) is 5.56 Å². The fourth-order valence-electron chi connectivity index (χ4n) is 3.33. The highest BCUT2D eigenvalue weighted by atomic mass is 31.1. The first kappa shape index (κ1) is 15.4. The predicted octanol–water partition coefficient (Wildman–Crippen LogP) is 5.16. The van der Waals surface area contributed by atoms with Crippen molar-refractivity contribution in [2.75, 3.05) is 6.16 Å². The van der Waals surface area contributed by atoms with Crippen LogP contribution in [0.2, 0.25) is 0 Å². The Bertz CT molecular complexity index is 505. The lowest BCUT2D eigenvalue weighted by Crippen LogP contribution is -2.11. The highest BCUT2D eigenvalue weighted by Crippen LogP contribution is 2.37. The van der Waals surface area contributed by atoms with Crippen molar-refractivity contribution in [3.63, 3.8) is 0 Å². The van der Waals surface area contributed by atoms with Gasteiger partial charge in [0, 0.05) is 5.92 Å². The number of carbonyl (C=O) groups is 1. The van der Waals surface area contributed by atoms with E-state index >= 15 is 0 Å². The van der Waals surface area contributed by atoms with Crippen molar-refractivity contribution in [1.82, 2.24) is 0 Å². The van der Waals surface area contributed by atoms with Crippen LogP contribution in [0.15, 0.2) is 12.1 Å². The smallest absolute Gasteiger partial charge is 0.234 e. The highest BCUT2D eigenvalue weighted by Gasteiger charge is 2.35. The van der Waals surface area contributed by atoms with Crippen LogP contribution in [0, 0.1) is 26.7 Å². The molecule has 1 aliphatic carbocycles. The molecule has 1 atom stereocenters. The molecular formula is C17H24O2P+. The third-order valence-corrected chi connectivity index (χ3v) is 5.79. The molecule has 0 aromatic heterocycles. The van der Waals surface area contributed by atoms with Gasteiger partial charge in [-0.25, -0.2) is 4.79 Å². The Morgan fingerprint density at radius 1 is 1.10 bits per heavy atom. The van der Waals surface area contributed by atoms with Crippen LogP contribution in [-0.2, 0) is 4.57 Å². The normalized spacial score (nSPS) is 17.1.